The minimum atomic E-state index is -0.761. The molecule has 1 N–H and O–H groups in total. The summed E-state index contributed by atoms with van der Waals surface area (Å²) < 4.78 is 25.8. The van der Waals surface area contributed by atoms with E-state index >= 15 is 0 Å². The van der Waals surface area contributed by atoms with Crippen molar-refractivity contribution in [3.8, 4) is 0 Å². The van der Waals surface area contributed by atoms with Crippen LogP contribution in [0.1, 0.15) is 24.8 Å². The maximum Gasteiger partial charge on any atom is 0.159 e. The first-order valence-electron chi connectivity index (χ1n) is 5.90. The maximum atomic E-state index is 13.0. The van der Waals surface area contributed by atoms with Crippen molar-refractivity contribution >= 4 is 0 Å². The van der Waals surface area contributed by atoms with Gasteiger partial charge in [0.05, 0.1) is 0 Å². The summed E-state index contributed by atoms with van der Waals surface area (Å²) in [6.45, 7) is 2.06. The fourth-order valence-electron chi connectivity index (χ4n) is 2.27. The zero-order chi connectivity index (χ0) is 11.4. The van der Waals surface area contributed by atoms with Crippen LogP contribution in [0.25, 0.3) is 0 Å². The molecule has 1 fully saturated rings. The van der Waals surface area contributed by atoms with Crippen LogP contribution < -0.4 is 5.32 Å². The minimum Gasteiger partial charge on any atom is -0.316 e. The summed E-state index contributed by atoms with van der Waals surface area (Å²) in [7, 11) is 0. The second-order valence-electron chi connectivity index (χ2n) is 4.52. The van der Waals surface area contributed by atoms with Crippen molar-refractivity contribution in [3.63, 3.8) is 0 Å². The van der Waals surface area contributed by atoms with Gasteiger partial charge in [0.2, 0.25) is 0 Å². The Morgan fingerprint density at radius 2 is 2.06 bits per heavy atom. The highest BCUT2D eigenvalue weighted by atomic mass is 19.2. The molecule has 1 atom stereocenters. The summed E-state index contributed by atoms with van der Waals surface area (Å²) in [6.07, 6.45) is 4.45. The lowest BCUT2D eigenvalue weighted by Crippen LogP contribution is -2.22. The van der Waals surface area contributed by atoms with Crippen LogP contribution in [0.4, 0.5) is 8.78 Å². The second kappa shape index (κ2) is 5.39. The van der Waals surface area contributed by atoms with Crippen LogP contribution in [-0.2, 0) is 6.42 Å². The van der Waals surface area contributed by atoms with E-state index in [9.17, 15) is 8.78 Å². The van der Waals surface area contributed by atoms with Gasteiger partial charge in [-0.3, -0.25) is 0 Å². The highest BCUT2D eigenvalue weighted by Crippen LogP contribution is 2.18. The quantitative estimate of drug-likeness (QED) is 0.816. The summed E-state index contributed by atoms with van der Waals surface area (Å²) in [5.74, 6) is -0.950. The highest BCUT2D eigenvalue weighted by molar-refractivity contribution is 5.18. The number of benzene rings is 1. The number of hydrogen-bond donors (Lipinski definition) is 1. The lowest BCUT2D eigenvalue weighted by atomic mass is 9.95. The van der Waals surface area contributed by atoms with Crippen molar-refractivity contribution in [3.05, 3.63) is 35.4 Å². The van der Waals surface area contributed by atoms with Crippen LogP contribution >= 0.6 is 0 Å². The molecule has 0 aliphatic carbocycles. The van der Waals surface area contributed by atoms with Crippen molar-refractivity contribution in [1.82, 2.24) is 5.32 Å². The molecule has 1 unspecified atom stereocenters. The Bertz CT molecular complexity index is 344. The van der Waals surface area contributed by atoms with E-state index in [1.165, 1.54) is 31.4 Å². The van der Waals surface area contributed by atoms with E-state index in [4.69, 9.17) is 0 Å². The van der Waals surface area contributed by atoms with E-state index in [1.54, 1.807) is 6.07 Å². The minimum absolute atomic E-state index is 0.548. The number of hydrogen-bond acceptors (Lipinski definition) is 1. The number of nitrogens with one attached hydrogen (secondary N) is 1. The topological polar surface area (TPSA) is 12.0 Å². The molecule has 1 heterocycles. The summed E-state index contributed by atoms with van der Waals surface area (Å²) in [5.41, 5.74) is 0.896. The first kappa shape index (κ1) is 11.5. The Labute approximate surface area is 94.9 Å². The first-order chi connectivity index (χ1) is 7.75. The van der Waals surface area contributed by atoms with Gasteiger partial charge in [-0.05, 0) is 56.0 Å². The lowest BCUT2D eigenvalue weighted by molar-refractivity contribution is 0.471. The molecule has 1 saturated heterocycles. The molecule has 88 valence electrons. The normalized spacial score (nSPS) is 21.8. The zero-order valence-electron chi connectivity index (χ0n) is 9.31. The van der Waals surface area contributed by atoms with Crippen LogP contribution in [0.15, 0.2) is 18.2 Å². The van der Waals surface area contributed by atoms with Gasteiger partial charge in [-0.15, -0.1) is 0 Å². The van der Waals surface area contributed by atoms with Gasteiger partial charge in [-0.2, -0.15) is 0 Å². The molecule has 1 aromatic rings. The summed E-state index contributed by atoms with van der Waals surface area (Å²) in [5, 5.41) is 3.38. The first-order valence-corrected chi connectivity index (χ1v) is 5.90. The average molecular weight is 225 g/mol. The molecular weight excluding hydrogens is 208 g/mol. The smallest absolute Gasteiger partial charge is 0.159 e. The van der Waals surface area contributed by atoms with Gasteiger partial charge in [0.25, 0.3) is 0 Å². The Kier molecular flexibility index (Phi) is 3.88. The van der Waals surface area contributed by atoms with Crippen LogP contribution in [0.2, 0.25) is 0 Å². The van der Waals surface area contributed by atoms with E-state index in [0.717, 1.165) is 25.1 Å². The molecule has 1 aromatic carbocycles. The number of halogens is 2. The van der Waals surface area contributed by atoms with Crippen molar-refractivity contribution < 1.29 is 8.78 Å². The average Bonchev–Trinajstić information content (AvgIpc) is 2.52. The third kappa shape index (κ3) is 3.01. The summed E-state index contributed by atoms with van der Waals surface area (Å²) in [6, 6.07) is 4.22. The largest absolute Gasteiger partial charge is 0.316 e. The van der Waals surface area contributed by atoms with Crippen LogP contribution in [0, 0.1) is 17.6 Å². The van der Waals surface area contributed by atoms with Crippen LogP contribution in [-0.4, -0.2) is 13.1 Å². The van der Waals surface area contributed by atoms with Crippen molar-refractivity contribution in [2.45, 2.75) is 25.7 Å². The van der Waals surface area contributed by atoms with E-state index in [1.807, 2.05) is 0 Å². The summed E-state index contributed by atoms with van der Waals surface area (Å²) in [4.78, 5) is 0. The van der Waals surface area contributed by atoms with E-state index in [0.29, 0.717) is 5.92 Å². The van der Waals surface area contributed by atoms with Gasteiger partial charge >= 0.3 is 0 Å². The Morgan fingerprint density at radius 3 is 2.88 bits per heavy atom. The van der Waals surface area contributed by atoms with E-state index in [2.05, 4.69) is 5.32 Å². The Hall–Kier alpha value is -0.960. The molecule has 1 nitrogen and oxygen atoms in total. The molecule has 3 heteroatoms. The van der Waals surface area contributed by atoms with Gasteiger partial charge in [0, 0.05) is 0 Å². The third-order valence-electron chi connectivity index (χ3n) is 3.16. The van der Waals surface area contributed by atoms with Gasteiger partial charge in [0.1, 0.15) is 0 Å². The molecule has 16 heavy (non-hydrogen) atoms. The van der Waals surface area contributed by atoms with Crippen molar-refractivity contribution in [2.75, 3.05) is 13.1 Å². The fraction of sp³-hybridized carbons (Fsp3) is 0.538. The van der Waals surface area contributed by atoms with Gasteiger partial charge in [0.15, 0.2) is 11.6 Å². The summed E-state index contributed by atoms with van der Waals surface area (Å²) >= 11 is 0. The fourth-order valence-corrected chi connectivity index (χ4v) is 2.27. The van der Waals surface area contributed by atoms with Crippen LogP contribution in [0.3, 0.4) is 0 Å². The van der Waals surface area contributed by atoms with Gasteiger partial charge in [-0.1, -0.05) is 12.5 Å². The van der Waals surface area contributed by atoms with E-state index < -0.39 is 11.6 Å². The van der Waals surface area contributed by atoms with Crippen molar-refractivity contribution in [2.24, 2.45) is 5.92 Å². The van der Waals surface area contributed by atoms with Crippen molar-refractivity contribution in [1.29, 1.82) is 0 Å². The molecule has 0 saturated carbocycles. The highest BCUT2D eigenvalue weighted by Gasteiger charge is 2.13. The van der Waals surface area contributed by atoms with Crippen LogP contribution in [0.5, 0.6) is 0 Å². The molecule has 1 aliphatic rings. The predicted molar refractivity (Wildman–Crippen MR) is 60.3 cm³/mol. The second-order valence-corrected chi connectivity index (χ2v) is 4.52. The molecule has 1 aliphatic heterocycles. The monoisotopic (exact) mass is 225 g/mol. The molecule has 0 aromatic heterocycles. The molecule has 0 bridgehead atoms. The van der Waals surface area contributed by atoms with Gasteiger partial charge < -0.3 is 5.32 Å². The Morgan fingerprint density at radius 1 is 1.19 bits per heavy atom. The standard InChI is InChI=1S/C13H17F2N/c14-12-5-4-10(8-13(12)15)7-11-3-1-2-6-16-9-11/h4-5,8,11,16H,1-3,6-7,9H2. The van der Waals surface area contributed by atoms with E-state index in [-0.39, 0.29) is 0 Å². The number of rotatable bonds is 2. The molecular formula is C13H17F2N. The molecule has 0 spiro atoms. The molecule has 0 amide bonds. The zero-order valence-corrected chi connectivity index (χ0v) is 9.31. The predicted octanol–water partition coefficient (Wildman–Crippen LogP) is 2.90. The van der Waals surface area contributed by atoms with Gasteiger partial charge in [-0.25, -0.2) is 8.78 Å². The third-order valence-corrected chi connectivity index (χ3v) is 3.16. The molecule has 2 rings (SSSR count). The Balaban J connectivity index is 1.99. The lowest BCUT2D eigenvalue weighted by Gasteiger charge is -2.14. The maximum absolute atomic E-state index is 13.0. The SMILES string of the molecule is Fc1ccc(CC2CCCCNC2)cc1F. The molecule has 0 radical (unpaired) electrons.